The largest absolute Gasteiger partial charge is 0.495 e. The maximum absolute atomic E-state index is 12.8. The van der Waals surface area contributed by atoms with Crippen molar-refractivity contribution in [2.24, 2.45) is 0 Å². The second-order valence-electron chi connectivity index (χ2n) is 7.90. The van der Waals surface area contributed by atoms with E-state index in [1.54, 1.807) is 18.9 Å². The number of hydrogen-bond donors (Lipinski definition) is 2. The smallest absolute Gasteiger partial charge is 0.251 e. The van der Waals surface area contributed by atoms with Crippen LogP contribution in [0.3, 0.4) is 0 Å². The Bertz CT molecular complexity index is 1130. The first-order valence-electron chi connectivity index (χ1n) is 11.0. The summed E-state index contributed by atoms with van der Waals surface area (Å²) in [5.41, 5.74) is 5.95. The number of anilines is 4. The topological polar surface area (TPSA) is 56.8 Å². The molecule has 3 aromatic rings. The molecule has 3 aromatic carbocycles. The van der Waals surface area contributed by atoms with Crippen LogP contribution in [-0.2, 0) is 6.54 Å². The Morgan fingerprint density at radius 2 is 1.94 bits per heavy atom. The Hall–Kier alpha value is -3.32. The van der Waals surface area contributed by atoms with Gasteiger partial charge in [0.15, 0.2) is 0 Å². The molecule has 7 heteroatoms. The predicted molar refractivity (Wildman–Crippen MR) is 138 cm³/mol. The van der Waals surface area contributed by atoms with Gasteiger partial charge in [-0.25, -0.2) is 0 Å². The van der Waals surface area contributed by atoms with Gasteiger partial charge in [0.2, 0.25) is 0 Å². The summed E-state index contributed by atoms with van der Waals surface area (Å²) < 4.78 is 5.69. The molecule has 1 aliphatic heterocycles. The van der Waals surface area contributed by atoms with Gasteiger partial charge in [-0.3, -0.25) is 4.79 Å². The molecule has 0 atom stereocenters. The van der Waals surface area contributed by atoms with E-state index in [1.807, 2.05) is 36.6 Å². The molecule has 0 unspecified atom stereocenters. The summed E-state index contributed by atoms with van der Waals surface area (Å²) in [5, 5.41) is 6.42. The van der Waals surface area contributed by atoms with Gasteiger partial charge < -0.3 is 25.2 Å². The first-order chi connectivity index (χ1) is 16.0. The minimum Gasteiger partial charge on any atom is -0.495 e. The molecule has 0 saturated carbocycles. The van der Waals surface area contributed by atoms with Crippen molar-refractivity contribution in [3.8, 4) is 5.75 Å². The fourth-order valence-corrected chi connectivity index (χ4v) is 4.43. The van der Waals surface area contributed by atoms with Gasteiger partial charge in [0.05, 0.1) is 30.8 Å². The Kier molecular flexibility index (Phi) is 6.99. The normalized spacial score (nSPS) is 12.2. The molecule has 0 aliphatic carbocycles. The SMILES string of the molecule is CCN(c1ccc2c(c1)NCN2C)c1ccc(C(=O)NCc2ccc(SC)cc2)cc1OC. The number of nitrogens with one attached hydrogen (secondary N) is 2. The summed E-state index contributed by atoms with van der Waals surface area (Å²) in [6.07, 6.45) is 2.05. The molecule has 33 heavy (non-hydrogen) atoms. The third kappa shape index (κ3) is 4.88. The summed E-state index contributed by atoms with van der Waals surface area (Å²) in [6, 6.07) is 20.2. The first-order valence-corrected chi connectivity index (χ1v) is 12.2. The zero-order valence-electron chi connectivity index (χ0n) is 19.5. The highest BCUT2D eigenvalue weighted by Gasteiger charge is 2.20. The summed E-state index contributed by atoms with van der Waals surface area (Å²) in [7, 11) is 3.71. The van der Waals surface area contributed by atoms with Crippen LogP contribution in [0.15, 0.2) is 65.6 Å². The third-order valence-corrected chi connectivity index (χ3v) is 6.61. The Morgan fingerprint density at radius 1 is 1.15 bits per heavy atom. The summed E-state index contributed by atoms with van der Waals surface area (Å²) >= 11 is 1.70. The average molecular weight is 463 g/mol. The highest BCUT2D eigenvalue weighted by atomic mass is 32.2. The van der Waals surface area contributed by atoms with E-state index in [-0.39, 0.29) is 5.91 Å². The van der Waals surface area contributed by atoms with Gasteiger partial charge in [-0.2, -0.15) is 0 Å². The van der Waals surface area contributed by atoms with Crippen LogP contribution < -0.4 is 25.2 Å². The molecule has 4 rings (SSSR count). The lowest BCUT2D eigenvalue weighted by atomic mass is 10.1. The van der Waals surface area contributed by atoms with E-state index in [0.717, 1.165) is 35.8 Å². The summed E-state index contributed by atoms with van der Waals surface area (Å²) in [4.78, 5) is 18.4. The van der Waals surface area contributed by atoms with E-state index < -0.39 is 0 Å². The minimum absolute atomic E-state index is 0.124. The second kappa shape index (κ2) is 10.1. The fourth-order valence-electron chi connectivity index (χ4n) is 4.02. The highest BCUT2D eigenvalue weighted by Crippen LogP contribution is 2.39. The minimum atomic E-state index is -0.124. The van der Waals surface area contributed by atoms with Gasteiger partial charge in [-0.05, 0) is 67.3 Å². The predicted octanol–water partition coefficient (Wildman–Crippen LogP) is 5.32. The standard InChI is InChI=1S/C26H30N4O2S/c1-5-30(20-9-13-23-22(15-20)28-17-29(23)2)24-12-8-19(14-25(24)32-3)26(31)27-16-18-6-10-21(33-4)11-7-18/h6-15,28H,5,16-17H2,1-4H3,(H,27,31). The lowest BCUT2D eigenvalue weighted by molar-refractivity contribution is 0.0950. The molecule has 0 fully saturated rings. The Balaban J connectivity index is 1.52. The number of fused-ring (bicyclic) bond motifs is 1. The number of hydrogen-bond acceptors (Lipinski definition) is 6. The Labute approximate surface area is 199 Å². The van der Waals surface area contributed by atoms with Crippen molar-refractivity contribution in [3.63, 3.8) is 0 Å². The average Bonchev–Trinajstić information content (AvgIpc) is 3.23. The number of methoxy groups -OCH3 is 1. The van der Waals surface area contributed by atoms with Crippen LogP contribution >= 0.6 is 11.8 Å². The molecule has 172 valence electrons. The van der Waals surface area contributed by atoms with Gasteiger partial charge in [-0.15, -0.1) is 11.8 Å². The van der Waals surface area contributed by atoms with Crippen LogP contribution in [0.1, 0.15) is 22.8 Å². The van der Waals surface area contributed by atoms with Crippen LogP contribution in [0.25, 0.3) is 0 Å². The van der Waals surface area contributed by atoms with E-state index in [1.165, 1.54) is 10.6 Å². The van der Waals surface area contributed by atoms with Crippen LogP contribution in [0.5, 0.6) is 5.75 Å². The first kappa shape index (κ1) is 22.9. The molecule has 6 nitrogen and oxygen atoms in total. The highest BCUT2D eigenvalue weighted by molar-refractivity contribution is 7.98. The Morgan fingerprint density at radius 3 is 2.64 bits per heavy atom. The summed E-state index contributed by atoms with van der Waals surface area (Å²) in [6.45, 7) is 4.16. The van der Waals surface area contributed by atoms with Crippen molar-refractivity contribution in [1.29, 1.82) is 0 Å². The number of carbonyl (C=O) groups excluding carboxylic acids is 1. The van der Waals surface area contributed by atoms with Crippen LogP contribution in [0.2, 0.25) is 0 Å². The monoisotopic (exact) mass is 462 g/mol. The number of nitrogens with zero attached hydrogens (tertiary/aromatic N) is 2. The quantitative estimate of drug-likeness (QED) is 0.442. The van der Waals surface area contributed by atoms with Crippen molar-refractivity contribution in [3.05, 3.63) is 71.8 Å². The fraction of sp³-hybridized carbons (Fsp3) is 0.269. The second-order valence-corrected chi connectivity index (χ2v) is 8.78. The van der Waals surface area contributed by atoms with Crippen molar-refractivity contribution in [2.45, 2.75) is 18.4 Å². The number of benzene rings is 3. The van der Waals surface area contributed by atoms with E-state index in [9.17, 15) is 4.79 Å². The van der Waals surface area contributed by atoms with Gasteiger partial charge in [-0.1, -0.05) is 12.1 Å². The van der Waals surface area contributed by atoms with Gasteiger partial charge in [0, 0.05) is 36.3 Å². The number of amides is 1. The van der Waals surface area contributed by atoms with E-state index in [2.05, 4.69) is 64.7 Å². The lowest BCUT2D eigenvalue weighted by Crippen LogP contribution is -2.23. The maximum atomic E-state index is 12.8. The zero-order valence-corrected chi connectivity index (χ0v) is 20.3. The molecular weight excluding hydrogens is 432 g/mol. The number of rotatable bonds is 8. The lowest BCUT2D eigenvalue weighted by Gasteiger charge is -2.26. The van der Waals surface area contributed by atoms with Crippen LogP contribution in [-0.4, -0.2) is 39.5 Å². The molecular formula is C26H30N4O2S. The van der Waals surface area contributed by atoms with Gasteiger partial charge in [0.1, 0.15) is 5.75 Å². The maximum Gasteiger partial charge on any atom is 0.251 e. The molecule has 0 spiro atoms. The molecule has 1 amide bonds. The van der Waals surface area contributed by atoms with Gasteiger partial charge in [0.25, 0.3) is 5.91 Å². The molecule has 1 aliphatic rings. The number of thioether (sulfide) groups is 1. The number of ether oxygens (including phenoxy) is 1. The zero-order chi connectivity index (χ0) is 23.4. The van der Waals surface area contributed by atoms with Crippen molar-refractivity contribution >= 4 is 40.4 Å². The van der Waals surface area contributed by atoms with Gasteiger partial charge >= 0.3 is 0 Å². The molecule has 0 radical (unpaired) electrons. The van der Waals surface area contributed by atoms with Crippen molar-refractivity contribution in [1.82, 2.24) is 5.32 Å². The van der Waals surface area contributed by atoms with E-state index >= 15 is 0 Å². The van der Waals surface area contributed by atoms with Crippen molar-refractivity contribution in [2.75, 3.05) is 48.7 Å². The molecule has 0 bridgehead atoms. The summed E-state index contributed by atoms with van der Waals surface area (Å²) in [5.74, 6) is 0.543. The third-order valence-electron chi connectivity index (χ3n) is 5.87. The number of carbonyl (C=O) groups is 1. The molecule has 0 saturated heterocycles. The molecule has 1 heterocycles. The van der Waals surface area contributed by atoms with Crippen molar-refractivity contribution < 1.29 is 9.53 Å². The van der Waals surface area contributed by atoms with E-state index in [4.69, 9.17) is 4.74 Å². The van der Waals surface area contributed by atoms with Crippen LogP contribution in [0, 0.1) is 0 Å². The van der Waals surface area contributed by atoms with E-state index in [0.29, 0.717) is 17.9 Å². The molecule has 0 aromatic heterocycles. The van der Waals surface area contributed by atoms with Crippen LogP contribution in [0.4, 0.5) is 22.7 Å². The molecule has 2 N–H and O–H groups in total.